The van der Waals surface area contributed by atoms with Gasteiger partial charge >= 0.3 is 0 Å². The molecule has 0 aliphatic rings. The summed E-state index contributed by atoms with van der Waals surface area (Å²) in [6, 6.07) is 15.9. The number of carbonyl (C=O) groups excluding carboxylic acids is 1. The number of benzene rings is 2. The molecule has 2 aromatic rings. The summed E-state index contributed by atoms with van der Waals surface area (Å²) in [7, 11) is -3.43. The number of nitrogens with zero attached hydrogens (tertiary/aromatic N) is 1. The average molecular weight is 417 g/mol. The first-order chi connectivity index (χ1) is 13.7. The minimum Gasteiger partial charge on any atom is -0.356 e. The Kier molecular flexibility index (Phi) is 8.26. The van der Waals surface area contributed by atoms with Gasteiger partial charge in [-0.25, -0.2) is 8.42 Å². The van der Waals surface area contributed by atoms with Crippen LogP contribution >= 0.6 is 0 Å². The third-order valence-corrected chi connectivity index (χ3v) is 6.26. The maximum atomic E-state index is 12.4. The van der Waals surface area contributed by atoms with Crippen LogP contribution in [0.1, 0.15) is 49.3 Å². The van der Waals surface area contributed by atoms with Crippen LogP contribution in [-0.2, 0) is 21.2 Å². The lowest BCUT2D eigenvalue weighted by Gasteiger charge is -2.26. The van der Waals surface area contributed by atoms with Gasteiger partial charge in [-0.2, -0.15) is 0 Å². The number of sulfonamides is 1. The zero-order valence-electron chi connectivity index (χ0n) is 17.8. The Labute approximate surface area is 175 Å². The highest BCUT2D eigenvalue weighted by Gasteiger charge is 2.21. The largest absolute Gasteiger partial charge is 0.356 e. The van der Waals surface area contributed by atoms with Gasteiger partial charge in [-0.15, -0.1) is 0 Å². The number of nitrogens with one attached hydrogen (secondary N) is 1. The first kappa shape index (κ1) is 22.9. The highest BCUT2D eigenvalue weighted by Crippen LogP contribution is 2.28. The lowest BCUT2D eigenvalue weighted by molar-refractivity contribution is -0.121. The number of hydrogen-bond acceptors (Lipinski definition) is 3. The van der Waals surface area contributed by atoms with Crippen LogP contribution in [0.4, 0.5) is 5.69 Å². The van der Waals surface area contributed by atoms with E-state index in [1.807, 2.05) is 62.4 Å². The summed E-state index contributed by atoms with van der Waals surface area (Å²) in [5.74, 6) is 0.175. The molecular weight excluding hydrogens is 384 g/mol. The van der Waals surface area contributed by atoms with E-state index in [1.54, 1.807) is 0 Å². The molecule has 1 atom stereocenters. The van der Waals surface area contributed by atoms with Crippen LogP contribution in [0.25, 0.3) is 0 Å². The van der Waals surface area contributed by atoms with E-state index in [0.717, 1.165) is 23.2 Å². The molecule has 0 spiro atoms. The fraction of sp³-hybridized carbons (Fsp3) is 0.435. The van der Waals surface area contributed by atoms with Gasteiger partial charge in [0.05, 0.1) is 11.9 Å². The molecule has 29 heavy (non-hydrogen) atoms. The molecule has 2 aromatic carbocycles. The fourth-order valence-corrected chi connectivity index (χ4v) is 4.50. The monoisotopic (exact) mass is 416 g/mol. The molecule has 0 fully saturated rings. The number of rotatable bonds is 10. The molecule has 0 heterocycles. The van der Waals surface area contributed by atoms with E-state index in [4.69, 9.17) is 0 Å². The van der Waals surface area contributed by atoms with Crippen molar-refractivity contribution in [2.45, 2.75) is 46.0 Å². The predicted octanol–water partition coefficient (Wildman–Crippen LogP) is 4.02. The van der Waals surface area contributed by atoms with E-state index in [-0.39, 0.29) is 11.8 Å². The van der Waals surface area contributed by atoms with Crippen molar-refractivity contribution in [1.29, 1.82) is 0 Å². The van der Waals surface area contributed by atoms with Crippen LogP contribution in [0, 0.1) is 6.92 Å². The summed E-state index contributed by atoms with van der Waals surface area (Å²) in [6.07, 6.45) is 2.73. The minimum absolute atomic E-state index is 0.0540. The van der Waals surface area contributed by atoms with Gasteiger partial charge < -0.3 is 5.32 Å². The average Bonchev–Trinajstić information content (AvgIpc) is 2.69. The summed E-state index contributed by atoms with van der Waals surface area (Å²) in [6.45, 7) is 6.87. The van der Waals surface area contributed by atoms with Crippen molar-refractivity contribution in [2.24, 2.45) is 0 Å². The van der Waals surface area contributed by atoms with Crippen LogP contribution < -0.4 is 9.62 Å². The zero-order chi connectivity index (χ0) is 21.4. The normalized spacial score (nSPS) is 12.4. The number of carbonyl (C=O) groups is 1. The van der Waals surface area contributed by atoms with E-state index >= 15 is 0 Å². The van der Waals surface area contributed by atoms with E-state index in [1.165, 1.54) is 16.1 Å². The Hall–Kier alpha value is -2.34. The van der Waals surface area contributed by atoms with E-state index < -0.39 is 10.0 Å². The molecule has 0 bridgehead atoms. The topological polar surface area (TPSA) is 66.5 Å². The van der Waals surface area contributed by atoms with Gasteiger partial charge in [0.1, 0.15) is 0 Å². The predicted molar refractivity (Wildman–Crippen MR) is 120 cm³/mol. The molecule has 0 aliphatic carbocycles. The first-order valence-corrected chi connectivity index (χ1v) is 12.0. The van der Waals surface area contributed by atoms with Gasteiger partial charge in [-0.1, -0.05) is 62.4 Å². The lowest BCUT2D eigenvalue weighted by atomic mass is 10.0. The fourth-order valence-electron chi connectivity index (χ4n) is 3.44. The van der Waals surface area contributed by atoms with Crippen LogP contribution in [0.3, 0.4) is 0 Å². The van der Waals surface area contributed by atoms with Crippen molar-refractivity contribution in [3.63, 3.8) is 0 Å². The summed E-state index contributed by atoms with van der Waals surface area (Å²) in [5.41, 5.74) is 3.85. The molecule has 158 valence electrons. The number of aryl methyl sites for hydroxylation is 2. The van der Waals surface area contributed by atoms with Crippen LogP contribution in [0.5, 0.6) is 0 Å². The van der Waals surface area contributed by atoms with Crippen molar-refractivity contribution in [1.82, 2.24) is 5.32 Å². The van der Waals surface area contributed by atoms with E-state index in [9.17, 15) is 13.2 Å². The van der Waals surface area contributed by atoms with Gasteiger partial charge in [0, 0.05) is 19.5 Å². The molecule has 0 saturated carbocycles. The quantitative estimate of drug-likeness (QED) is 0.636. The highest BCUT2D eigenvalue weighted by molar-refractivity contribution is 7.92. The molecule has 1 unspecified atom stereocenters. The second kappa shape index (κ2) is 10.4. The Bertz CT molecular complexity index is 911. The smallest absolute Gasteiger partial charge is 0.232 e. The number of anilines is 1. The highest BCUT2D eigenvalue weighted by atomic mass is 32.2. The molecular formula is C23H32N2O3S. The Morgan fingerprint density at radius 2 is 1.79 bits per heavy atom. The van der Waals surface area contributed by atoms with Crippen LogP contribution in [0.2, 0.25) is 0 Å². The van der Waals surface area contributed by atoms with Crippen molar-refractivity contribution >= 4 is 21.6 Å². The molecule has 5 nitrogen and oxygen atoms in total. The summed E-state index contributed by atoms with van der Waals surface area (Å²) < 4.78 is 26.3. The summed E-state index contributed by atoms with van der Waals surface area (Å²) in [5, 5.41) is 2.96. The molecule has 0 saturated heterocycles. The molecule has 2 rings (SSSR count). The van der Waals surface area contributed by atoms with Gasteiger partial charge in [0.15, 0.2) is 0 Å². The molecule has 0 radical (unpaired) electrons. The SMILES string of the molecule is CCc1cccc(C)c1N(CCCC(=O)NCC(C)c1ccccc1)S(C)(=O)=O. The molecule has 0 aromatic heterocycles. The zero-order valence-corrected chi connectivity index (χ0v) is 18.6. The number of amides is 1. The Balaban J connectivity index is 1.95. The van der Waals surface area contributed by atoms with Crippen LogP contribution in [0.15, 0.2) is 48.5 Å². The van der Waals surface area contributed by atoms with Gasteiger partial charge in [0.25, 0.3) is 0 Å². The lowest BCUT2D eigenvalue weighted by Crippen LogP contribution is -2.34. The molecule has 1 amide bonds. The maximum Gasteiger partial charge on any atom is 0.232 e. The minimum atomic E-state index is -3.43. The summed E-state index contributed by atoms with van der Waals surface area (Å²) >= 11 is 0. The standard InChI is InChI=1S/C23H32N2O3S/c1-5-20-14-9-11-18(2)23(20)25(29(4,27)28)16-10-15-22(26)24-17-19(3)21-12-7-6-8-13-21/h6-9,11-14,19H,5,10,15-17H2,1-4H3,(H,24,26). The first-order valence-electron chi connectivity index (χ1n) is 10.1. The molecule has 0 aliphatic heterocycles. The van der Waals surface area contributed by atoms with Crippen LogP contribution in [-0.4, -0.2) is 33.7 Å². The van der Waals surface area contributed by atoms with E-state index in [0.29, 0.717) is 25.9 Å². The maximum absolute atomic E-state index is 12.4. The summed E-state index contributed by atoms with van der Waals surface area (Å²) in [4.78, 5) is 12.3. The number of hydrogen-bond donors (Lipinski definition) is 1. The second-order valence-electron chi connectivity index (χ2n) is 7.49. The van der Waals surface area contributed by atoms with Gasteiger partial charge in [-0.05, 0) is 42.4 Å². The van der Waals surface area contributed by atoms with Crippen molar-refractivity contribution in [3.05, 3.63) is 65.2 Å². The third kappa shape index (κ3) is 6.60. The molecule has 1 N–H and O–H groups in total. The number of para-hydroxylation sites is 1. The Morgan fingerprint density at radius 3 is 2.41 bits per heavy atom. The van der Waals surface area contributed by atoms with Crippen molar-refractivity contribution < 1.29 is 13.2 Å². The van der Waals surface area contributed by atoms with Crippen molar-refractivity contribution in [3.8, 4) is 0 Å². The van der Waals surface area contributed by atoms with Crippen molar-refractivity contribution in [2.75, 3.05) is 23.7 Å². The van der Waals surface area contributed by atoms with Gasteiger partial charge in [0.2, 0.25) is 15.9 Å². The molecule has 6 heteroatoms. The Morgan fingerprint density at radius 1 is 1.10 bits per heavy atom. The van der Waals surface area contributed by atoms with Gasteiger partial charge in [-0.3, -0.25) is 9.10 Å². The third-order valence-electron chi connectivity index (χ3n) is 5.09. The second-order valence-corrected chi connectivity index (χ2v) is 9.40. The van der Waals surface area contributed by atoms with E-state index in [2.05, 4.69) is 12.2 Å².